The molecule has 0 amide bonds. The number of aromatic nitrogens is 2. The summed E-state index contributed by atoms with van der Waals surface area (Å²) in [7, 11) is 0. The molecule has 4 nitrogen and oxygen atoms in total. The molecule has 0 bridgehead atoms. The van der Waals surface area contributed by atoms with Crippen molar-refractivity contribution in [2.75, 3.05) is 13.2 Å². The van der Waals surface area contributed by atoms with Gasteiger partial charge in [0.2, 0.25) is 0 Å². The van der Waals surface area contributed by atoms with Crippen molar-refractivity contribution in [1.29, 1.82) is 0 Å². The summed E-state index contributed by atoms with van der Waals surface area (Å²) in [5.41, 5.74) is 2.30. The Hall–Kier alpha value is -1.81. The van der Waals surface area contributed by atoms with E-state index in [1.807, 2.05) is 24.3 Å². The van der Waals surface area contributed by atoms with Crippen molar-refractivity contribution < 1.29 is 4.74 Å². The fourth-order valence-electron chi connectivity index (χ4n) is 1.77. The molecule has 0 fully saturated rings. The number of rotatable bonds is 6. The SMILES string of the molecule is Cc1cccc(OCCNC(C)c2ccn[nH]2)c1. The van der Waals surface area contributed by atoms with Crippen LogP contribution in [0.25, 0.3) is 0 Å². The number of hydrogen-bond acceptors (Lipinski definition) is 3. The minimum absolute atomic E-state index is 0.258. The molecule has 2 N–H and O–H groups in total. The van der Waals surface area contributed by atoms with E-state index in [0.717, 1.165) is 18.0 Å². The van der Waals surface area contributed by atoms with E-state index < -0.39 is 0 Å². The minimum atomic E-state index is 0.258. The summed E-state index contributed by atoms with van der Waals surface area (Å²) in [5, 5.41) is 10.3. The molecule has 1 atom stereocenters. The molecule has 18 heavy (non-hydrogen) atoms. The molecule has 1 aromatic heterocycles. The van der Waals surface area contributed by atoms with Crippen molar-refractivity contribution in [2.24, 2.45) is 0 Å². The van der Waals surface area contributed by atoms with E-state index in [-0.39, 0.29) is 6.04 Å². The van der Waals surface area contributed by atoms with Gasteiger partial charge in [0.05, 0.1) is 5.69 Å². The van der Waals surface area contributed by atoms with Gasteiger partial charge < -0.3 is 10.1 Å². The summed E-state index contributed by atoms with van der Waals surface area (Å²) in [6.45, 7) is 5.61. The molecule has 1 aromatic carbocycles. The van der Waals surface area contributed by atoms with E-state index >= 15 is 0 Å². The fraction of sp³-hybridized carbons (Fsp3) is 0.357. The van der Waals surface area contributed by atoms with Crippen molar-refractivity contribution in [3.05, 3.63) is 47.8 Å². The summed E-state index contributed by atoms with van der Waals surface area (Å²) in [6, 6.07) is 10.3. The Labute approximate surface area is 107 Å². The number of aryl methyl sites for hydroxylation is 1. The van der Waals surface area contributed by atoms with E-state index in [9.17, 15) is 0 Å². The summed E-state index contributed by atoms with van der Waals surface area (Å²) in [6.07, 6.45) is 1.76. The lowest BCUT2D eigenvalue weighted by Gasteiger charge is -2.12. The third-order valence-electron chi connectivity index (χ3n) is 2.80. The van der Waals surface area contributed by atoms with Crippen LogP contribution in [0.3, 0.4) is 0 Å². The van der Waals surface area contributed by atoms with Crippen molar-refractivity contribution >= 4 is 0 Å². The molecule has 2 rings (SSSR count). The number of ether oxygens (including phenoxy) is 1. The molecular formula is C14H19N3O. The predicted molar refractivity (Wildman–Crippen MR) is 71.7 cm³/mol. The molecule has 0 saturated carbocycles. The highest BCUT2D eigenvalue weighted by Gasteiger charge is 2.04. The maximum absolute atomic E-state index is 5.67. The van der Waals surface area contributed by atoms with E-state index in [2.05, 4.69) is 35.4 Å². The lowest BCUT2D eigenvalue weighted by molar-refractivity contribution is 0.307. The van der Waals surface area contributed by atoms with Crippen LogP contribution in [0.4, 0.5) is 0 Å². The first-order chi connectivity index (χ1) is 8.75. The maximum Gasteiger partial charge on any atom is 0.119 e. The van der Waals surface area contributed by atoms with Crippen LogP contribution in [-0.4, -0.2) is 23.3 Å². The molecule has 96 valence electrons. The van der Waals surface area contributed by atoms with Crippen molar-refractivity contribution in [1.82, 2.24) is 15.5 Å². The summed E-state index contributed by atoms with van der Waals surface area (Å²) >= 11 is 0. The van der Waals surface area contributed by atoms with E-state index in [1.54, 1.807) is 6.20 Å². The Morgan fingerprint density at radius 3 is 3.00 bits per heavy atom. The third-order valence-corrected chi connectivity index (χ3v) is 2.80. The number of nitrogens with zero attached hydrogens (tertiary/aromatic N) is 1. The summed E-state index contributed by atoms with van der Waals surface area (Å²) < 4.78 is 5.67. The van der Waals surface area contributed by atoms with Crippen molar-refractivity contribution in [3.8, 4) is 5.75 Å². The van der Waals surface area contributed by atoms with E-state index in [0.29, 0.717) is 6.61 Å². The molecule has 0 aliphatic carbocycles. The highest BCUT2D eigenvalue weighted by Crippen LogP contribution is 2.12. The summed E-state index contributed by atoms with van der Waals surface area (Å²) in [4.78, 5) is 0. The van der Waals surface area contributed by atoms with Gasteiger partial charge >= 0.3 is 0 Å². The Kier molecular flexibility index (Phi) is 4.36. The molecule has 0 saturated heterocycles. The van der Waals surface area contributed by atoms with Crippen LogP contribution < -0.4 is 10.1 Å². The Morgan fingerprint density at radius 1 is 1.39 bits per heavy atom. The average molecular weight is 245 g/mol. The highest BCUT2D eigenvalue weighted by molar-refractivity contribution is 5.27. The summed E-state index contributed by atoms with van der Waals surface area (Å²) in [5.74, 6) is 0.922. The molecule has 0 aliphatic heterocycles. The number of nitrogens with one attached hydrogen (secondary N) is 2. The Balaban J connectivity index is 1.70. The van der Waals surface area contributed by atoms with Crippen LogP contribution in [-0.2, 0) is 0 Å². The van der Waals surface area contributed by atoms with Gasteiger partial charge in [-0.05, 0) is 37.6 Å². The largest absolute Gasteiger partial charge is 0.492 e. The molecule has 4 heteroatoms. The zero-order valence-corrected chi connectivity index (χ0v) is 10.8. The molecular weight excluding hydrogens is 226 g/mol. The van der Waals surface area contributed by atoms with Gasteiger partial charge in [0.15, 0.2) is 0 Å². The Bertz CT molecular complexity index is 468. The zero-order valence-electron chi connectivity index (χ0n) is 10.8. The van der Waals surface area contributed by atoms with Crippen molar-refractivity contribution in [2.45, 2.75) is 19.9 Å². The second-order valence-corrected chi connectivity index (χ2v) is 4.35. The van der Waals surface area contributed by atoms with Gasteiger partial charge in [-0.25, -0.2) is 0 Å². The number of aromatic amines is 1. The first-order valence-electron chi connectivity index (χ1n) is 6.18. The molecule has 2 aromatic rings. The van der Waals surface area contributed by atoms with Gasteiger partial charge in [-0.2, -0.15) is 5.10 Å². The number of hydrogen-bond donors (Lipinski definition) is 2. The molecule has 0 radical (unpaired) electrons. The van der Waals surface area contributed by atoms with Crippen LogP contribution in [0, 0.1) is 6.92 Å². The first-order valence-corrected chi connectivity index (χ1v) is 6.18. The molecule has 0 aliphatic rings. The second-order valence-electron chi connectivity index (χ2n) is 4.35. The molecule has 0 spiro atoms. The second kappa shape index (κ2) is 6.21. The number of benzene rings is 1. The van der Waals surface area contributed by atoms with Gasteiger partial charge in [-0.1, -0.05) is 12.1 Å². The van der Waals surface area contributed by atoms with Crippen LogP contribution in [0.15, 0.2) is 36.5 Å². The third kappa shape index (κ3) is 3.60. The quantitative estimate of drug-likeness (QED) is 0.769. The molecule has 1 unspecified atom stereocenters. The van der Waals surface area contributed by atoms with Gasteiger partial charge in [-0.15, -0.1) is 0 Å². The maximum atomic E-state index is 5.67. The van der Waals surface area contributed by atoms with Crippen LogP contribution >= 0.6 is 0 Å². The van der Waals surface area contributed by atoms with Crippen LogP contribution in [0.2, 0.25) is 0 Å². The predicted octanol–water partition coefficient (Wildman–Crippen LogP) is 2.45. The van der Waals surface area contributed by atoms with Gasteiger partial charge in [-0.3, -0.25) is 5.10 Å². The standard InChI is InChI=1S/C14H19N3O/c1-11-4-3-5-13(10-11)18-9-8-15-12(2)14-6-7-16-17-14/h3-7,10,12,15H,8-9H2,1-2H3,(H,16,17). The van der Waals surface area contributed by atoms with Crippen LogP contribution in [0.1, 0.15) is 24.2 Å². The molecule has 1 heterocycles. The van der Waals surface area contributed by atoms with Gasteiger partial charge in [0, 0.05) is 18.8 Å². The topological polar surface area (TPSA) is 49.9 Å². The van der Waals surface area contributed by atoms with Crippen molar-refractivity contribution in [3.63, 3.8) is 0 Å². The first kappa shape index (κ1) is 12.6. The lowest BCUT2D eigenvalue weighted by atomic mass is 10.2. The monoisotopic (exact) mass is 245 g/mol. The van der Waals surface area contributed by atoms with E-state index in [4.69, 9.17) is 4.74 Å². The normalized spacial score (nSPS) is 12.3. The number of H-pyrrole nitrogens is 1. The minimum Gasteiger partial charge on any atom is -0.492 e. The highest BCUT2D eigenvalue weighted by atomic mass is 16.5. The van der Waals surface area contributed by atoms with Crippen LogP contribution in [0.5, 0.6) is 5.75 Å². The fourth-order valence-corrected chi connectivity index (χ4v) is 1.77. The smallest absolute Gasteiger partial charge is 0.119 e. The lowest BCUT2D eigenvalue weighted by Crippen LogP contribution is -2.24. The van der Waals surface area contributed by atoms with Gasteiger partial charge in [0.1, 0.15) is 12.4 Å². The zero-order chi connectivity index (χ0) is 12.8. The van der Waals surface area contributed by atoms with Gasteiger partial charge in [0.25, 0.3) is 0 Å². The average Bonchev–Trinajstić information content (AvgIpc) is 2.88. The Morgan fingerprint density at radius 2 is 2.28 bits per heavy atom. The van der Waals surface area contributed by atoms with E-state index in [1.165, 1.54) is 5.56 Å².